The summed E-state index contributed by atoms with van der Waals surface area (Å²) in [6, 6.07) is 3.39. The van der Waals surface area contributed by atoms with Crippen LogP contribution in [0.2, 0.25) is 0 Å². The normalized spacial score (nSPS) is 16.4. The number of likely N-dealkylation sites (tertiary alicyclic amines) is 1. The zero-order chi connectivity index (χ0) is 14.0. The first-order valence-corrected chi connectivity index (χ1v) is 5.94. The largest absolute Gasteiger partial charge is 0.508 e. The van der Waals surface area contributed by atoms with Gasteiger partial charge in [-0.25, -0.2) is 0 Å². The Morgan fingerprint density at radius 2 is 2.00 bits per heavy atom. The Kier molecular flexibility index (Phi) is 3.66. The van der Waals surface area contributed by atoms with Gasteiger partial charge in [0, 0.05) is 19.2 Å². The number of phenols is 1. The monoisotopic (exact) mass is 266 g/mol. The van der Waals surface area contributed by atoms with Crippen molar-refractivity contribution >= 4 is 11.6 Å². The van der Waals surface area contributed by atoms with Gasteiger partial charge in [0.05, 0.1) is 11.0 Å². The van der Waals surface area contributed by atoms with E-state index in [1.165, 1.54) is 11.0 Å². The molecule has 1 amide bonds. The molecule has 0 bridgehead atoms. The van der Waals surface area contributed by atoms with Crippen LogP contribution in [0.1, 0.15) is 23.2 Å². The third-order valence-electron chi connectivity index (χ3n) is 3.16. The SMILES string of the molecule is O=C(c1cc(O)ccc1[N+](=O)[O-])N1CCC(O)CC1. The molecule has 1 fully saturated rings. The number of carbonyl (C=O) groups is 1. The summed E-state index contributed by atoms with van der Waals surface area (Å²) in [6.07, 6.45) is 0.486. The molecule has 0 atom stereocenters. The summed E-state index contributed by atoms with van der Waals surface area (Å²) >= 11 is 0. The van der Waals surface area contributed by atoms with Crippen molar-refractivity contribution in [2.45, 2.75) is 18.9 Å². The van der Waals surface area contributed by atoms with Crippen molar-refractivity contribution in [2.24, 2.45) is 0 Å². The molecule has 1 aromatic rings. The third kappa shape index (κ3) is 2.82. The Morgan fingerprint density at radius 3 is 2.58 bits per heavy atom. The van der Waals surface area contributed by atoms with Crippen molar-refractivity contribution in [3.8, 4) is 5.75 Å². The molecule has 2 N–H and O–H groups in total. The van der Waals surface area contributed by atoms with Gasteiger partial charge in [-0.2, -0.15) is 0 Å². The summed E-state index contributed by atoms with van der Waals surface area (Å²) in [5.41, 5.74) is -0.449. The Labute approximate surface area is 109 Å². The number of aromatic hydroxyl groups is 1. The number of hydrogen-bond acceptors (Lipinski definition) is 5. The molecule has 0 aromatic heterocycles. The fraction of sp³-hybridized carbons (Fsp3) is 0.417. The highest BCUT2D eigenvalue weighted by atomic mass is 16.6. The molecular formula is C12H14N2O5. The van der Waals surface area contributed by atoms with E-state index in [0.717, 1.165) is 12.1 Å². The minimum absolute atomic E-state index is 0.124. The van der Waals surface area contributed by atoms with Crippen molar-refractivity contribution in [2.75, 3.05) is 13.1 Å². The molecule has 102 valence electrons. The number of hydrogen-bond donors (Lipinski definition) is 2. The summed E-state index contributed by atoms with van der Waals surface area (Å²) in [4.78, 5) is 23.9. The second kappa shape index (κ2) is 5.23. The van der Waals surface area contributed by atoms with Crippen LogP contribution in [0, 0.1) is 10.1 Å². The zero-order valence-electron chi connectivity index (χ0n) is 10.2. The van der Waals surface area contributed by atoms with Crippen LogP contribution in [0.5, 0.6) is 5.75 Å². The molecule has 1 heterocycles. The summed E-state index contributed by atoms with van der Waals surface area (Å²) in [5, 5.41) is 29.6. The molecule has 19 heavy (non-hydrogen) atoms. The molecule has 0 saturated carbocycles. The molecule has 1 aliphatic rings. The van der Waals surface area contributed by atoms with Crippen molar-refractivity contribution in [3.05, 3.63) is 33.9 Å². The van der Waals surface area contributed by atoms with E-state index in [4.69, 9.17) is 0 Å². The average Bonchev–Trinajstić information content (AvgIpc) is 2.38. The summed E-state index contributed by atoms with van der Waals surface area (Å²) < 4.78 is 0. The number of benzene rings is 1. The van der Waals surface area contributed by atoms with Crippen LogP contribution in [-0.4, -0.2) is 45.1 Å². The maximum absolute atomic E-state index is 12.2. The van der Waals surface area contributed by atoms with E-state index in [9.17, 15) is 25.1 Å². The topological polar surface area (TPSA) is 104 Å². The fourth-order valence-electron chi connectivity index (χ4n) is 2.09. The van der Waals surface area contributed by atoms with Crippen molar-refractivity contribution < 1.29 is 19.9 Å². The standard InChI is InChI=1S/C12H14N2O5/c15-8-3-5-13(6-4-8)12(17)10-7-9(16)1-2-11(10)14(18)19/h1-2,7-8,15-16H,3-6H2. The zero-order valence-corrected chi connectivity index (χ0v) is 10.2. The van der Waals surface area contributed by atoms with Crippen LogP contribution in [0.3, 0.4) is 0 Å². The predicted octanol–water partition coefficient (Wildman–Crippen LogP) is 0.897. The van der Waals surface area contributed by atoms with Gasteiger partial charge in [-0.15, -0.1) is 0 Å². The first kappa shape index (κ1) is 13.3. The van der Waals surface area contributed by atoms with Gasteiger partial charge in [0.25, 0.3) is 11.6 Å². The number of rotatable bonds is 2. The van der Waals surface area contributed by atoms with Gasteiger partial charge in [0.15, 0.2) is 0 Å². The van der Waals surface area contributed by atoms with Gasteiger partial charge >= 0.3 is 0 Å². The number of nitro benzene ring substituents is 1. The van der Waals surface area contributed by atoms with E-state index >= 15 is 0 Å². The lowest BCUT2D eigenvalue weighted by atomic mass is 10.1. The Morgan fingerprint density at radius 1 is 1.37 bits per heavy atom. The smallest absolute Gasteiger partial charge is 0.282 e. The van der Waals surface area contributed by atoms with Crippen molar-refractivity contribution in [1.29, 1.82) is 0 Å². The minimum Gasteiger partial charge on any atom is -0.508 e. The first-order valence-electron chi connectivity index (χ1n) is 5.94. The van der Waals surface area contributed by atoms with Gasteiger partial charge in [-0.1, -0.05) is 0 Å². The Bertz CT molecular complexity index is 509. The molecular weight excluding hydrogens is 252 g/mol. The van der Waals surface area contributed by atoms with Gasteiger partial charge in [-0.05, 0) is 25.0 Å². The number of phenolic OH excluding ortho intramolecular Hbond substituents is 1. The molecule has 0 aliphatic carbocycles. The molecule has 7 nitrogen and oxygen atoms in total. The van der Waals surface area contributed by atoms with Crippen LogP contribution >= 0.6 is 0 Å². The fourth-order valence-corrected chi connectivity index (χ4v) is 2.09. The number of nitro groups is 1. The van der Waals surface area contributed by atoms with Crippen LogP contribution in [-0.2, 0) is 0 Å². The second-order valence-corrected chi connectivity index (χ2v) is 4.48. The molecule has 0 spiro atoms. The van der Waals surface area contributed by atoms with Gasteiger partial charge in [-0.3, -0.25) is 14.9 Å². The number of amides is 1. The van der Waals surface area contributed by atoms with Crippen LogP contribution in [0.4, 0.5) is 5.69 Å². The quantitative estimate of drug-likeness (QED) is 0.611. The number of piperidine rings is 1. The predicted molar refractivity (Wildman–Crippen MR) is 65.9 cm³/mol. The molecule has 1 aliphatic heterocycles. The first-order chi connectivity index (χ1) is 8.99. The van der Waals surface area contributed by atoms with E-state index in [0.29, 0.717) is 25.9 Å². The Balaban J connectivity index is 2.27. The lowest BCUT2D eigenvalue weighted by molar-refractivity contribution is -0.385. The molecule has 1 aromatic carbocycles. The van der Waals surface area contributed by atoms with Crippen LogP contribution in [0.25, 0.3) is 0 Å². The number of aliphatic hydroxyl groups excluding tert-OH is 1. The third-order valence-corrected chi connectivity index (χ3v) is 3.16. The maximum atomic E-state index is 12.2. The minimum atomic E-state index is -0.647. The number of nitrogens with zero attached hydrogens (tertiary/aromatic N) is 2. The highest BCUT2D eigenvalue weighted by Gasteiger charge is 2.27. The van der Waals surface area contributed by atoms with E-state index in [1.807, 2.05) is 0 Å². The van der Waals surface area contributed by atoms with E-state index in [2.05, 4.69) is 0 Å². The van der Waals surface area contributed by atoms with E-state index in [1.54, 1.807) is 0 Å². The van der Waals surface area contributed by atoms with Crippen LogP contribution in [0.15, 0.2) is 18.2 Å². The molecule has 1 saturated heterocycles. The summed E-state index contributed by atoms with van der Waals surface area (Å²) in [6.45, 7) is 0.708. The Hall–Kier alpha value is -2.15. The van der Waals surface area contributed by atoms with Gasteiger partial charge in [0.2, 0.25) is 0 Å². The van der Waals surface area contributed by atoms with Crippen molar-refractivity contribution in [3.63, 3.8) is 0 Å². The average molecular weight is 266 g/mol. The molecule has 7 heteroatoms. The highest BCUT2D eigenvalue weighted by Crippen LogP contribution is 2.25. The number of aliphatic hydroxyl groups is 1. The van der Waals surface area contributed by atoms with Crippen LogP contribution < -0.4 is 0 Å². The maximum Gasteiger partial charge on any atom is 0.282 e. The lowest BCUT2D eigenvalue weighted by Crippen LogP contribution is -2.40. The molecule has 0 unspecified atom stereocenters. The van der Waals surface area contributed by atoms with E-state index < -0.39 is 16.9 Å². The van der Waals surface area contributed by atoms with Gasteiger partial charge in [0.1, 0.15) is 11.3 Å². The second-order valence-electron chi connectivity index (χ2n) is 4.48. The number of carbonyl (C=O) groups excluding carboxylic acids is 1. The lowest BCUT2D eigenvalue weighted by Gasteiger charge is -2.29. The van der Waals surface area contributed by atoms with Crippen molar-refractivity contribution in [1.82, 2.24) is 4.90 Å². The van der Waals surface area contributed by atoms with Gasteiger partial charge < -0.3 is 15.1 Å². The van der Waals surface area contributed by atoms with E-state index in [-0.39, 0.29) is 17.0 Å². The summed E-state index contributed by atoms with van der Waals surface area (Å²) in [5.74, 6) is -0.680. The molecule has 2 rings (SSSR count). The summed E-state index contributed by atoms with van der Waals surface area (Å²) in [7, 11) is 0. The highest BCUT2D eigenvalue weighted by molar-refractivity contribution is 5.98. The molecule has 0 radical (unpaired) electrons.